The van der Waals surface area contributed by atoms with E-state index >= 15 is 0 Å². The van der Waals surface area contributed by atoms with Crippen LogP contribution in [0.4, 0.5) is 10.1 Å². The van der Waals surface area contributed by atoms with E-state index in [0.29, 0.717) is 35.4 Å². The number of methoxy groups -OCH3 is 1. The minimum absolute atomic E-state index is 0.260. The maximum Gasteiger partial charge on any atom is 0.235 e. The van der Waals surface area contributed by atoms with Gasteiger partial charge in [-0.05, 0) is 37.1 Å². The Kier molecular flexibility index (Phi) is 5.22. The first-order valence-corrected chi connectivity index (χ1v) is 8.75. The summed E-state index contributed by atoms with van der Waals surface area (Å²) >= 11 is 0. The molecule has 0 aliphatic heterocycles. The zero-order valence-electron chi connectivity index (χ0n) is 14.7. The number of hydrogen-bond donors (Lipinski definition) is 1. The first kappa shape index (κ1) is 17.9. The number of benzene rings is 2. The van der Waals surface area contributed by atoms with Crippen molar-refractivity contribution in [3.8, 4) is 11.8 Å². The van der Waals surface area contributed by atoms with Gasteiger partial charge in [0.05, 0.1) is 23.8 Å². The number of rotatable bonds is 4. The molecule has 0 aromatic heterocycles. The molecule has 0 bridgehead atoms. The summed E-state index contributed by atoms with van der Waals surface area (Å²) in [5, 5.41) is 12.2. The fourth-order valence-corrected chi connectivity index (χ4v) is 3.72. The van der Waals surface area contributed by atoms with Crippen molar-refractivity contribution in [2.24, 2.45) is 0 Å². The minimum atomic E-state index is -0.907. The van der Waals surface area contributed by atoms with Crippen LogP contribution in [0.15, 0.2) is 42.5 Å². The summed E-state index contributed by atoms with van der Waals surface area (Å²) in [4.78, 5) is 13.2. The molecule has 4 nitrogen and oxygen atoms in total. The van der Waals surface area contributed by atoms with Gasteiger partial charge in [0.25, 0.3) is 0 Å². The molecular weight excluding hydrogens is 331 g/mol. The Hall–Kier alpha value is -2.87. The molecule has 1 aliphatic rings. The van der Waals surface area contributed by atoms with Gasteiger partial charge >= 0.3 is 0 Å². The summed E-state index contributed by atoms with van der Waals surface area (Å²) in [5.74, 6) is -0.0789. The van der Waals surface area contributed by atoms with E-state index in [9.17, 15) is 14.4 Å². The largest absolute Gasteiger partial charge is 0.497 e. The summed E-state index contributed by atoms with van der Waals surface area (Å²) in [6.45, 7) is 0. The average molecular weight is 352 g/mol. The predicted octanol–water partition coefficient (Wildman–Crippen LogP) is 4.55. The SMILES string of the molecule is COc1ccc(NC(=O)C2(c3ccccc3F)CCCCC2)c(C#N)c1. The van der Waals surface area contributed by atoms with Crippen LogP contribution in [0.5, 0.6) is 5.75 Å². The molecule has 0 unspecified atom stereocenters. The summed E-state index contributed by atoms with van der Waals surface area (Å²) in [7, 11) is 1.52. The van der Waals surface area contributed by atoms with Crippen LogP contribution >= 0.6 is 0 Å². The van der Waals surface area contributed by atoms with Crippen LogP contribution in [0.3, 0.4) is 0 Å². The lowest BCUT2D eigenvalue weighted by atomic mass is 9.68. The second-order valence-corrected chi connectivity index (χ2v) is 6.60. The molecule has 0 spiro atoms. The Balaban J connectivity index is 1.98. The number of hydrogen-bond acceptors (Lipinski definition) is 3. The molecule has 2 aromatic rings. The third-order valence-electron chi connectivity index (χ3n) is 5.13. The van der Waals surface area contributed by atoms with E-state index in [1.54, 1.807) is 36.4 Å². The fraction of sp³-hybridized carbons (Fsp3) is 0.333. The zero-order valence-corrected chi connectivity index (χ0v) is 14.7. The van der Waals surface area contributed by atoms with Gasteiger partial charge in [-0.2, -0.15) is 5.26 Å². The molecule has 0 heterocycles. The molecule has 26 heavy (non-hydrogen) atoms. The molecular formula is C21H21FN2O2. The highest BCUT2D eigenvalue weighted by Crippen LogP contribution is 2.41. The van der Waals surface area contributed by atoms with Crippen molar-refractivity contribution in [3.05, 3.63) is 59.4 Å². The fourth-order valence-electron chi connectivity index (χ4n) is 3.72. The number of halogens is 1. The predicted molar refractivity (Wildman–Crippen MR) is 97.5 cm³/mol. The minimum Gasteiger partial charge on any atom is -0.497 e. The maximum absolute atomic E-state index is 14.5. The molecule has 134 valence electrons. The second-order valence-electron chi connectivity index (χ2n) is 6.60. The smallest absolute Gasteiger partial charge is 0.235 e. The van der Waals surface area contributed by atoms with Gasteiger partial charge in [0.2, 0.25) is 5.91 Å². The van der Waals surface area contributed by atoms with Gasteiger partial charge in [-0.25, -0.2) is 4.39 Å². The van der Waals surface area contributed by atoms with E-state index in [2.05, 4.69) is 11.4 Å². The van der Waals surface area contributed by atoms with E-state index in [1.807, 2.05) is 0 Å². The number of anilines is 1. The van der Waals surface area contributed by atoms with Gasteiger partial charge < -0.3 is 10.1 Å². The van der Waals surface area contributed by atoms with Crippen LogP contribution in [-0.4, -0.2) is 13.0 Å². The number of nitriles is 1. The van der Waals surface area contributed by atoms with Crippen molar-refractivity contribution in [1.29, 1.82) is 5.26 Å². The third kappa shape index (κ3) is 3.28. The number of ether oxygens (including phenoxy) is 1. The Labute approximate surface area is 152 Å². The van der Waals surface area contributed by atoms with Crippen LogP contribution in [0.1, 0.15) is 43.2 Å². The third-order valence-corrected chi connectivity index (χ3v) is 5.13. The quantitative estimate of drug-likeness (QED) is 0.878. The first-order chi connectivity index (χ1) is 12.6. The molecule has 1 aliphatic carbocycles. The molecule has 3 rings (SSSR count). The van der Waals surface area contributed by atoms with Crippen molar-refractivity contribution in [3.63, 3.8) is 0 Å². The molecule has 2 aromatic carbocycles. The van der Waals surface area contributed by atoms with Gasteiger partial charge in [0, 0.05) is 5.56 Å². The van der Waals surface area contributed by atoms with Crippen molar-refractivity contribution in [2.45, 2.75) is 37.5 Å². The molecule has 1 saturated carbocycles. The van der Waals surface area contributed by atoms with Gasteiger partial charge in [0.1, 0.15) is 17.6 Å². The Morgan fingerprint density at radius 3 is 2.58 bits per heavy atom. The lowest BCUT2D eigenvalue weighted by Gasteiger charge is -2.36. The van der Waals surface area contributed by atoms with Gasteiger partial charge in [-0.15, -0.1) is 0 Å². The van der Waals surface area contributed by atoms with E-state index in [0.717, 1.165) is 19.3 Å². The van der Waals surface area contributed by atoms with Gasteiger partial charge in [0.15, 0.2) is 0 Å². The van der Waals surface area contributed by atoms with Gasteiger partial charge in [-0.3, -0.25) is 4.79 Å². The molecule has 0 radical (unpaired) electrons. The first-order valence-electron chi connectivity index (χ1n) is 8.75. The highest BCUT2D eigenvalue weighted by Gasteiger charge is 2.43. The van der Waals surface area contributed by atoms with Crippen molar-refractivity contribution >= 4 is 11.6 Å². The molecule has 5 heteroatoms. The highest BCUT2D eigenvalue weighted by molar-refractivity contribution is 6.00. The Bertz CT molecular complexity index is 851. The van der Waals surface area contributed by atoms with Crippen LogP contribution < -0.4 is 10.1 Å². The standard InChI is InChI=1S/C21H21FN2O2/c1-26-16-9-10-19(15(13-16)14-23)24-20(25)21(11-5-2-6-12-21)17-7-3-4-8-18(17)22/h3-4,7-10,13H,2,5-6,11-12H2,1H3,(H,24,25). The van der Waals surface area contributed by atoms with E-state index in [4.69, 9.17) is 4.74 Å². The number of nitrogens with zero attached hydrogens (tertiary/aromatic N) is 1. The second kappa shape index (κ2) is 7.57. The summed E-state index contributed by atoms with van der Waals surface area (Å²) in [5.41, 5.74) is 0.261. The number of amides is 1. The van der Waals surface area contributed by atoms with E-state index in [1.165, 1.54) is 13.2 Å². The van der Waals surface area contributed by atoms with E-state index in [-0.39, 0.29) is 11.7 Å². The Morgan fingerprint density at radius 1 is 1.19 bits per heavy atom. The van der Waals surface area contributed by atoms with Crippen LogP contribution in [-0.2, 0) is 10.2 Å². The number of nitrogens with one attached hydrogen (secondary N) is 1. The number of carbonyl (C=O) groups is 1. The molecule has 1 amide bonds. The van der Waals surface area contributed by atoms with Crippen molar-refractivity contribution in [1.82, 2.24) is 0 Å². The molecule has 1 N–H and O–H groups in total. The van der Waals surface area contributed by atoms with Crippen molar-refractivity contribution < 1.29 is 13.9 Å². The van der Waals surface area contributed by atoms with Gasteiger partial charge in [-0.1, -0.05) is 37.5 Å². The molecule has 1 fully saturated rings. The molecule has 0 atom stereocenters. The van der Waals surface area contributed by atoms with Crippen LogP contribution in [0.25, 0.3) is 0 Å². The highest BCUT2D eigenvalue weighted by atomic mass is 19.1. The zero-order chi connectivity index (χ0) is 18.6. The summed E-state index contributed by atoms with van der Waals surface area (Å²) in [6.07, 6.45) is 3.97. The normalized spacial score (nSPS) is 15.7. The molecule has 0 saturated heterocycles. The number of carbonyl (C=O) groups excluding carboxylic acids is 1. The topological polar surface area (TPSA) is 62.1 Å². The maximum atomic E-state index is 14.5. The summed E-state index contributed by atoms with van der Waals surface area (Å²) in [6, 6.07) is 13.5. The van der Waals surface area contributed by atoms with Crippen molar-refractivity contribution in [2.75, 3.05) is 12.4 Å². The van der Waals surface area contributed by atoms with Crippen LogP contribution in [0.2, 0.25) is 0 Å². The van der Waals surface area contributed by atoms with E-state index < -0.39 is 5.41 Å². The summed E-state index contributed by atoms with van der Waals surface area (Å²) < 4.78 is 19.6. The lowest BCUT2D eigenvalue weighted by molar-refractivity contribution is -0.122. The van der Waals surface area contributed by atoms with Crippen LogP contribution in [0, 0.1) is 17.1 Å². The lowest BCUT2D eigenvalue weighted by Crippen LogP contribution is -2.42. The average Bonchev–Trinajstić information content (AvgIpc) is 2.69. The monoisotopic (exact) mass is 352 g/mol. The Morgan fingerprint density at radius 2 is 1.92 bits per heavy atom.